The minimum Gasteiger partial charge on any atom is -0.338 e. The predicted octanol–water partition coefficient (Wildman–Crippen LogP) is 3.30. The Balaban J connectivity index is 1.60. The Morgan fingerprint density at radius 3 is 2.73 bits per heavy atom. The fourth-order valence-corrected chi connectivity index (χ4v) is 2.87. The fraction of sp³-hybridized carbons (Fsp3) is 0.312. The number of aromatic nitrogens is 2. The number of carbonyl (C=O) groups excluding carboxylic acids is 1. The molecular weight excluding hydrogens is 321 g/mol. The van der Waals surface area contributed by atoms with Gasteiger partial charge in [0.15, 0.2) is 5.15 Å². The average Bonchev–Trinajstić information content (AvgIpc) is 2.53. The SMILES string of the molecule is O=C(CCc1ccc(Cl)cc1)N1CCc2nnc(Cl)cc2C1. The molecule has 0 saturated carbocycles. The number of halogens is 2. The van der Waals surface area contributed by atoms with Crippen molar-refractivity contribution < 1.29 is 4.79 Å². The predicted molar refractivity (Wildman–Crippen MR) is 85.9 cm³/mol. The number of hydrogen-bond acceptors (Lipinski definition) is 3. The third kappa shape index (κ3) is 3.57. The molecule has 0 N–H and O–H groups in total. The molecule has 1 aliphatic rings. The summed E-state index contributed by atoms with van der Waals surface area (Å²) in [4.78, 5) is 14.2. The summed E-state index contributed by atoms with van der Waals surface area (Å²) in [5.74, 6) is 0.147. The van der Waals surface area contributed by atoms with Crippen LogP contribution < -0.4 is 0 Å². The molecule has 114 valence electrons. The van der Waals surface area contributed by atoms with Gasteiger partial charge in [-0.3, -0.25) is 4.79 Å². The van der Waals surface area contributed by atoms with Crippen molar-refractivity contribution in [1.29, 1.82) is 0 Å². The lowest BCUT2D eigenvalue weighted by molar-refractivity contribution is -0.132. The first-order valence-electron chi connectivity index (χ1n) is 7.15. The van der Waals surface area contributed by atoms with E-state index in [0.717, 1.165) is 23.2 Å². The van der Waals surface area contributed by atoms with E-state index in [2.05, 4.69) is 10.2 Å². The minimum absolute atomic E-state index is 0.147. The highest BCUT2D eigenvalue weighted by atomic mass is 35.5. The first-order chi connectivity index (χ1) is 10.6. The molecule has 0 aliphatic carbocycles. The average molecular weight is 336 g/mol. The monoisotopic (exact) mass is 335 g/mol. The molecule has 3 rings (SSSR count). The minimum atomic E-state index is 0.147. The summed E-state index contributed by atoms with van der Waals surface area (Å²) in [6.45, 7) is 1.24. The molecule has 1 aromatic heterocycles. The van der Waals surface area contributed by atoms with Crippen LogP contribution in [-0.4, -0.2) is 27.5 Å². The molecule has 0 atom stereocenters. The summed E-state index contributed by atoms with van der Waals surface area (Å²) in [6, 6.07) is 9.40. The molecule has 0 bridgehead atoms. The van der Waals surface area contributed by atoms with Gasteiger partial charge in [0.2, 0.25) is 5.91 Å². The van der Waals surface area contributed by atoms with Crippen LogP contribution in [0.15, 0.2) is 30.3 Å². The highest BCUT2D eigenvalue weighted by molar-refractivity contribution is 6.30. The first kappa shape index (κ1) is 15.3. The maximum absolute atomic E-state index is 12.4. The molecule has 4 nitrogen and oxygen atoms in total. The zero-order chi connectivity index (χ0) is 15.5. The summed E-state index contributed by atoms with van der Waals surface area (Å²) >= 11 is 11.7. The second kappa shape index (κ2) is 6.63. The van der Waals surface area contributed by atoms with Crippen LogP contribution in [-0.2, 0) is 24.2 Å². The smallest absolute Gasteiger partial charge is 0.223 e. The molecule has 22 heavy (non-hydrogen) atoms. The van der Waals surface area contributed by atoms with E-state index < -0.39 is 0 Å². The van der Waals surface area contributed by atoms with Crippen molar-refractivity contribution >= 4 is 29.1 Å². The van der Waals surface area contributed by atoms with E-state index in [9.17, 15) is 4.79 Å². The maximum atomic E-state index is 12.4. The van der Waals surface area contributed by atoms with Crippen molar-refractivity contribution in [2.75, 3.05) is 6.54 Å². The fourth-order valence-electron chi connectivity index (χ4n) is 2.57. The van der Waals surface area contributed by atoms with Gasteiger partial charge < -0.3 is 4.90 Å². The molecule has 1 aliphatic heterocycles. The molecule has 0 radical (unpaired) electrons. The van der Waals surface area contributed by atoms with Gasteiger partial charge in [0.05, 0.1) is 5.69 Å². The van der Waals surface area contributed by atoms with E-state index in [-0.39, 0.29) is 5.91 Å². The number of benzene rings is 1. The van der Waals surface area contributed by atoms with Crippen LogP contribution in [0.1, 0.15) is 23.2 Å². The van der Waals surface area contributed by atoms with Gasteiger partial charge in [-0.05, 0) is 35.7 Å². The lowest BCUT2D eigenvalue weighted by atomic mass is 10.0. The Hall–Kier alpha value is -1.65. The quantitative estimate of drug-likeness (QED) is 0.864. The summed E-state index contributed by atoms with van der Waals surface area (Å²) < 4.78 is 0. The molecule has 1 amide bonds. The van der Waals surface area contributed by atoms with Gasteiger partial charge in [-0.15, -0.1) is 5.10 Å². The van der Waals surface area contributed by atoms with Crippen molar-refractivity contribution in [1.82, 2.24) is 15.1 Å². The van der Waals surface area contributed by atoms with Crippen molar-refractivity contribution in [3.05, 3.63) is 57.3 Å². The van der Waals surface area contributed by atoms with Crippen molar-refractivity contribution in [2.45, 2.75) is 25.8 Å². The second-order valence-electron chi connectivity index (χ2n) is 5.33. The Morgan fingerprint density at radius 2 is 1.95 bits per heavy atom. The molecular formula is C16H15Cl2N3O. The van der Waals surface area contributed by atoms with Gasteiger partial charge in [-0.25, -0.2) is 0 Å². The third-order valence-electron chi connectivity index (χ3n) is 3.80. The highest BCUT2D eigenvalue weighted by Gasteiger charge is 2.21. The molecule has 6 heteroatoms. The van der Waals surface area contributed by atoms with Crippen molar-refractivity contribution in [3.8, 4) is 0 Å². The summed E-state index contributed by atoms with van der Waals surface area (Å²) in [6.07, 6.45) is 1.93. The normalized spacial score (nSPS) is 13.8. The number of amides is 1. The van der Waals surface area contributed by atoms with Crippen LogP contribution in [0.5, 0.6) is 0 Å². The zero-order valence-electron chi connectivity index (χ0n) is 11.9. The Bertz CT molecular complexity index is 688. The molecule has 2 aromatic rings. The van der Waals surface area contributed by atoms with Gasteiger partial charge in [-0.1, -0.05) is 35.3 Å². The van der Waals surface area contributed by atoms with Crippen molar-refractivity contribution in [3.63, 3.8) is 0 Å². The summed E-state index contributed by atoms with van der Waals surface area (Å²) in [5.41, 5.74) is 3.04. The third-order valence-corrected chi connectivity index (χ3v) is 4.24. The largest absolute Gasteiger partial charge is 0.338 e. The molecule has 0 unspecified atom stereocenters. The summed E-state index contributed by atoms with van der Waals surface area (Å²) in [7, 11) is 0. The number of rotatable bonds is 3. The Morgan fingerprint density at radius 1 is 1.18 bits per heavy atom. The molecule has 2 heterocycles. The van der Waals surface area contributed by atoms with E-state index in [1.807, 2.05) is 29.2 Å². The maximum Gasteiger partial charge on any atom is 0.223 e. The molecule has 0 fully saturated rings. The number of aryl methyl sites for hydroxylation is 1. The number of hydrogen-bond donors (Lipinski definition) is 0. The van der Waals surface area contributed by atoms with Crippen LogP contribution in [0.4, 0.5) is 0 Å². The van der Waals surface area contributed by atoms with E-state index in [0.29, 0.717) is 36.1 Å². The van der Waals surface area contributed by atoms with Crippen LogP contribution in [0.3, 0.4) is 0 Å². The second-order valence-corrected chi connectivity index (χ2v) is 6.15. The lowest BCUT2D eigenvalue weighted by Crippen LogP contribution is -2.36. The van der Waals surface area contributed by atoms with E-state index in [4.69, 9.17) is 23.2 Å². The molecule has 1 aromatic carbocycles. The first-order valence-corrected chi connectivity index (χ1v) is 7.90. The van der Waals surface area contributed by atoms with Crippen LogP contribution in [0.2, 0.25) is 10.2 Å². The molecule has 0 saturated heterocycles. The van der Waals surface area contributed by atoms with Crippen LogP contribution in [0, 0.1) is 0 Å². The van der Waals surface area contributed by atoms with Gasteiger partial charge >= 0.3 is 0 Å². The van der Waals surface area contributed by atoms with Gasteiger partial charge in [0, 0.05) is 31.0 Å². The van der Waals surface area contributed by atoms with Gasteiger partial charge in [-0.2, -0.15) is 5.10 Å². The Kier molecular flexibility index (Phi) is 4.60. The highest BCUT2D eigenvalue weighted by Crippen LogP contribution is 2.20. The number of carbonyl (C=O) groups is 1. The molecule has 0 spiro atoms. The topological polar surface area (TPSA) is 46.1 Å². The van der Waals surface area contributed by atoms with E-state index in [1.54, 1.807) is 6.07 Å². The van der Waals surface area contributed by atoms with Crippen molar-refractivity contribution in [2.24, 2.45) is 0 Å². The van der Waals surface area contributed by atoms with E-state index in [1.165, 1.54) is 0 Å². The Labute approximate surface area is 139 Å². The van der Waals surface area contributed by atoms with Crippen LogP contribution in [0.25, 0.3) is 0 Å². The standard InChI is InChI=1S/C16H15Cl2N3O/c17-13-4-1-11(2-5-13)3-6-16(22)21-8-7-14-12(10-21)9-15(18)20-19-14/h1-2,4-5,9H,3,6-8,10H2. The van der Waals surface area contributed by atoms with Gasteiger partial charge in [0.1, 0.15) is 0 Å². The number of nitrogens with zero attached hydrogens (tertiary/aromatic N) is 3. The summed E-state index contributed by atoms with van der Waals surface area (Å²) in [5, 5.41) is 9.01. The lowest BCUT2D eigenvalue weighted by Gasteiger charge is -2.28. The van der Waals surface area contributed by atoms with Gasteiger partial charge in [0.25, 0.3) is 0 Å². The van der Waals surface area contributed by atoms with E-state index >= 15 is 0 Å². The number of fused-ring (bicyclic) bond motifs is 1. The van der Waals surface area contributed by atoms with Crippen LogP contribution >= 0.6 is 23.2 Å². The zero-order valence-corrected chi connectivity index (χ0v) is 13.4.